The van der Waals surface area contributed by atoms with E-state index in [1.165, 1.54) is 0 Å². The molecule has 1 saturated heterocycles. The van der Waals surface area contributed by atoms with Crippen molar-refractivity contribution in [1.82, 2.24) is 9.88 Å². The van der Waals surface area contributed by atoms with Crippen molar-refractivity contribution in [1.29, 1.82) is 0 Å². The van der Waals surface area contributed by atoms with E-state index < -0.39 is 0 Å². The normalized spacial score (nSPS) is 15.6. The minimum atomic E-state index is -0.387. The lowest BCUT2D eigenvalue weighted by atomic mass is 10.1. The number of rotatable bonds is 2. The fraction of sp³-hybridized carbons (Fsp3) is 0.455. The summed E-state index contributed by atoms with van der Waals surface area (Å²) in [5, 5.41) is 9.22. The van der Waals surface area contributed by atoms with Gasteiger partial charge in [-0.05, 0) is 22.0 Å². The van der Waals surface area contributed by atoms with Gasteiger partial charge < -0.3 is 14.9 Å². The lowest BCUT2D eigenvalue weighted by Crippen LogP contribution is -2.53. The van der Waals surface area contributed by atoms with E-state index in [2.05, 4.69) is 20.9 Å². The van der Waals surface area contributed by atoms with Crippen molar-refractivity contribution in [2.45, 2.75) is 6.10 Å². The maximum absolute atomic E-state index is 12.2. The van der Waals surface area contributed by atoms with Crippen LogP contribution in [-0.2, 0) is 0 Å². The van der Waals surface area contributed by atoms with Crippen molar-refractivity contribution >= 4 is 27.7 Å². The van der Waals surface area contributed by atoms with Crippen LogP contribution in [0.5, 0.6) is 0 Å². The first-order valence-electron chi connectivity index (χ1n) is 5.29. The molecule has 5 nitrogen and oxygen atoms in total. The van der Waals surface area contributed by atoms with Crippen LogP contribution in [0.2, 0.25) is 0 Å². The molecule has 92 valence electrons. The van der Waals surface area contributed by atoms with Crippen molar-refractivity contribution in [3.63, 3.8) is 0 Å². The highest BCUT2D eigenvalue weighted by Crippen LogP contribution is 2.23. The number of pyridine rings is 1. The molecule has 1 amide bonds. The number of aromatic nitrogens is 1. The molecule has 1 N–H and O–H groups in total. The highest BCUT2D eigenvalue weighted by atomic mass is 79.9. The second kappa shape index (κ2) is 4.62. The smallest absolute Gasteiger partial charge is 0.257 e. The number of likely N-dealkylation sites (tertiary alicyclic amines) is 1. The van der Waals surface area contributed by atoms with Gasteiger partial charge in [0.1, 0.15) is 5.82 Å². The van der Waals surface area contributed by atoms with Gasteiger partial charge in [0, 0.05) is 37.9 Å². The molecule has 6 heteroatoms. The van der Waals surface area contributed by atoms with Crippen molar-refractivity contribution < 1.29 is 9.90 Å². The number of hydrogen-bond donors (Lipinski definition) is 1. The predicted molar refractivity (Wildman–Crippen MR) is 68.2 cm³/mol. The highest BCUT2D eigenvalue weighted by molar-refractivity contribution is 9.10. The quantitative estimate of drug-likeness (QED) is 0.875. The molecule has 0 aliphatic carbocycles. The van der Waals surface area contributed by atoms with Gasteiger partial charge in [-0.25, -0.2) is 4.98 Å². The third kappa shape index (κ3) is 2.42. The number of halogens is 1. The summed E-state index contributed by atoms with van der Waals surface area (Å²) in [7, 11) is 3.69. The highest BCUT2D eigenvalue weighted by Gasteiger charge is 2.31. The van der Waals surface area contributed by atoms with Gasteiger partial charge in [-0.15, -0.1) is 0 Å². The Balaban J connectivity index is 2.30. The summed E-state index contributed by atoms with van der Waals surface area (Å²) in [4.78, 5) is 19.8. The monoisotopic (exact) mass is 299 g/mol. The van der Waals surface area contributed by atoms with Gasteiger partial charge in [0.2, 0.25) is 0 Å². The van der Waals surface area contributed by atoms with E-state index >= 15 is 0 Å². The largest absolute Gasteiger partial charge is 0.389 e. The van der Waals surface area contributed by atoms with E-state index in [0.717, 1.165) is 4.47 Å². The summed E-state index contributed by atoms with van der Waals surface area (Å²) in [6.07, 6.45) is 1.28. The molecule has 17 heavy (non-hydrogen) atoms. The summed E-state index contributed by atoms with van der Waals surface area (Å²) < 4.78 is 0.771. The zero-order valence-corrected chi connectivity index (χ0v) is 11.3. The lowest BCUT2D eigenvalue weighted by Gasteiger charge is -2.36. The maximum atomic E-state index is 12.2. The Labute approximate surface area is 108 Å². The van der Waals surface area contributed by atoms with Crippen molar-refractivity contribution in [2.24, 2.45) is 0 Å². The van der Waals surface area contributed by atoms with Crippen LogP contribution in [0.15, 0.2) is 16.7 Å². The average Bonchev–Trinajstić information content (AvgIpc) is 2.23. The molecule has 1 aromatic heterocycles. The maximum Gasteiger partial charge on any atom is 0.257 e. The van der Waals surface area contributed by atoms with Gasteiger partial charge in [-0.3, -0.25) is 4.79 Å². The van der Waals surface area contributed by atoms with E-state index in [1.54, 1.807) is 22.1 Å². The number of β-amino-alcohol motifs (C(OH)–C–C–N with tert-alkyl or cyclic N) is 1. The molecule has 1 aliphatic rings. The third-order valence-corrected chi connectivity index (χ3v) is 3.07. The van der Waals surface area contributed by atoms with Crippen LogP contribution in [0.25, 0.3) is 0 Å². The zero-order chi connectivity index (χ0) is 12.6. The SMILES string of the molecule is CN(C)c1ncc(Br)cc1C(=O)N1CC(O)C1. The summed E-state index contributed by atoms with van der Waals surface area (Å²) in [5.41, 5.74) is 0.552. The van der Waals surface area contributed by atoms with Crippen LogP contribution in [0.1, 0.15) is 10.4 Å². The minimum absolute atomic E-state index is 0.0900. The molecular formula is C11H14BrN3O2. The molecule has 1 fully saturated rings. The average molecular weight is 300 g/mol. The van der Waals surface area contributed by atoms with E-state index in [4.69, 9.17) is 0 Å². The Hall–Kier alpha value is -1.14. The Morgan fingerprint density at radius 1 is 1.59 bits per heavy atom. The zero-order valence-electron chi connectivity index (χ0n) is 9.72. The van der Waals surface area contributed by atoms with Crippen molar-refractivity contribution in [3.8, 4) is 0 Å². The summed E-state index contributed by atoms with van der Waals surface area (Å²) in [6, 6.07) is 1.76. The summed E-state index contributed by atoms with van der Waals surface area (Å²) in [5.74, 6) is 0.549. The molecule has 0 radical (unpaired) electrons. The number of hydrogen-bond acceptors (Lipinski definition) is 4. The van der Waals surface area contributed by atoms with Crippen LogP contribution < -0.4 is 4.90 Å². The second-order valence-electron chi connectivity index (χ2n) is 4.28. The molecule has 0 saturated carbocycles. The topological polar surface area (TPSA) is 56.7 Å². The van der Waals surface area contributed by atoms with Crippen LogP contribution in [-0.4, -0.2) is 54.2 Å². The first-order chi connectivity index (χ1) is 7.99. The number of nitrogens with zero attached hydrogens (tertiary/aromatic N) is 3. The molecule has 0 unspecified atom stereocenters. The predicted octanol–water partition coefficient (Wildman–Crippen LogP) is 0.727. The number of aliphatic hydroxyl groups excluding tert-OH is 1. The van der Waals surface area contributed by atoms with Crippen LogP contribution in [0.4, 0.5) is 5.82 Å². The van der Waals surface area contributed by atoms with E-state index in [-0.39, 0.29) is 12.0 Å². The van der Waals surface area contributed by atoms with Crippen LogP contribution >= 0.6 is 15.9 Å². The molecule has 0 aromatic carbocycles. The molecule has 1 aliphatic heterocycles. The van der Waals surface area contributed by atoms with Gasteiger partial charge in [0.25, 0.3) is 5.91 Å². The number of carbonyl (C=O) groups excluding carboxylic acids is 1. The fourth-order valence-corrected chi connectivity index (χ4v) is 2.07. The first-order valence-corrected chi connectivity index (χ1v) is 6.08. The molecule has 2 rings (SSSR count). The second-order valence-corrected chi connectivity index (χ2v) is 5.20. The molecule has 0 bridgehead atoms. The molecule has 0 atom stereocenters. The number of anilines is 1. The fourth-order valence-electron chi connectivity index (χ4n) is 1.74. The Morgan fingerprint density at radius 3 is 2.76 bits per heavy atom. The standard InChI is InChI=1S/C11H14BrN3O2/c1-14(2)10-9(3-7(12)4-13-10)11(17)15-5-8(16)6-15/h3-4,8,16H,5-6H2,1-2H3. The molecule has 0 spiro atoms. The Morgan fingerprint density at radius 2 is 2.24 bits per heavy atom. The summed E-state index contributed by atoms with van der Waals surface area (Å²) >= 11 is 3.31. The molecule has 2 heterocycles. The van der Waals surface area contributed by atoms with Gasteiger partial charge >= 0.3 is 0 Å². The van der Waals surface area contributed by atoms with Gasteiger partial charge in [0.15, 0.2) is 0 Å². The van der Waals surface area contributed by atoms with Gasteiger partial charge in [-0.2, -0.15) is 0 Å². The van der Waals surface area contributed by atoms with E-state index in [1.807, 2.05) is 14.1 Å². The van der Waals surface area contributed by atoms with E-state index in [9.17, 15) is 9.90 Å². The third-order valence-electron chi connectivity index (χ3n) is 2.64. The Kier molecular flexibility index (Phi) is 3.35. The van der Waals surface area contributed by atoms with E-state index in [0.29, 0.717) is 24.5 Å². The number of carbonyl (C=O) groups is 1. The lowest BCUT2D eigenvalue weighted by molar-refractivity contribution is 0.00591. The number of amides is 1. The van der Waals surface area contributed by atoms with Crippen LogP contribution in [0.3, 0.4) is 0 Å². The molecule has 1 aromatic rings. The molecular weight excluding hydrogens is 286 g/mol. The summed E-state index contributed by atoms with van der Waals surface area (Å²) in [6.45, 7) is 0.802. The number of aliphatic hydroxyl groups is 1. The van der Waals surface area contributed by atoms with Gasteiger partial charge in [0.05, 0.1) is 11.7 Å². The Bertz CT molecular complexity index is 444. The minimum Gasteiger partial charge on any atom is -0.389 e. The van der Waals surface area contributed by atoms with Crippen molar-refractivity contribution in [2.75, 3.05) is 32.1 Å². The first kappa shape index (κ1) is 12.3. The van der Waals surface area contributed by atoms with Gasteiger partial charge in [-0.1, -0.05) is 0 Å². The van der Waals surface area contributed by atoms with Crippen molar-refractivity contribution in [3.05, 3.63) is 22.3 Å². The van der Waals surface area contributed by atoms with Crippen LogP contribution in [0, 0.1) is 0 Å².